The van der Waals surface area contributed by atoms with E-state index in [0.29, 0.717) is 20.9 Å². The Bertz CT molecular complexity index is 1290. The fraction of sp³-hybridized carbons (Fsp3) is 0.174. The zero-order valence-corrected chi connectivity index (χ0v) is 18.2. The molecule has 1 amide bonds. The number of anilines is 1. The molecule has 0 aliphatic rings. The predicted octanol–water partition coefficient (Wildman–Crippen LogP) is 5.42. The Morgan fingerprint density at radius 3 is 2.67 bits per heavy atom. The zero-order chi connectivity index (χ0) is 21.3. The highest BCUT2D eigenvalue weighted by molar-refractivity contribution is 7.17. The second kappa shape index (κ2) is 8.42. The Morgan fingerprint density at radius 1 is 1.17 bits per heavy atom. The second-order valence-corrected chi connectivity index (χ2v) is 8.49. The lowest BCUT2D eigenvalue weighted by molar-refractivity contribution is -0.116. The van der Waals surface area contributed by atoms with Gasteiger partial charge in [-0.2, -0.15) is 0 Å². The zero-order valence-electron chi connectivity index (χ0n) is 16.6. The van der Waals surface area contributed by atoms with Crippen molar-refractivity contribution in [3.05, 3.63) is 80.7 Å². The topological polar surface area (TPSA) is 64.0 Å². The molecule has 2 aromatic heterocycles. The smallest absolute Gasteiger partial charge is 0.262 e. The first-order valence-electron chi connectivity index (χ1n) is 9.52. The van der Waals surface area contributed by atoms with Crippen molar-refractivity contribution in [2.45, 2.75) is 26.8 Å². The third-order valence-corrected chi connectivity index (χ3v) is 6.09. The van der Waals surface area contributed by atoms with Crippen LogP contribution >= 0.6 is 22.9 Å². The summed E-state index contributed by atoms with van der Waals surface area (Å²) in [5, 5.41) is 6.05. The molecule has 5 nitrogen and oxygen atoms in total. The molecular weight excluding hydrogens is 418 g/mol. The van der Waals surface area contributed by atoms with Gasteiger partial charge in [0.25, 0.3) is 5.56 Å². The number of carbonyl (C=O) groups is 1. The quantitative estimate of drug-likeness (QED) is 0.453. The minimum absolute atomic E-state index is 0.132. The first kappa shape index (κ1) is 20.3. The molecule has 4 aromatic rings. The van der Waals surface area contributed by atoms with E-state index in [1.807, 2.05) is 43.5 Å². The summed E-state index contributed by atoms with van der Waals surface area (Å²) in [5.74, 6) is -0.170. The molecule has 2 heterocycles. The first-order chi connectivity index (χ1) is 14.4. The molecule has 0 saturated carbocycles. The highest BCUT2D eigenvalue weighted by Crippen LogP contribution is 2.30. The van der Waals surface area contributed by atoms with Crippen LogP contribution in [0.5, 0.6) is 0 Å². The van der Waals surface area contributed by atoms with Crippen molar-refractivity contribution in [1.82, 2.24) is 9.55 Å². The average molecular weight is 438 g/mol. The van der Waals surface area contributed by atoms with Crippen LogP contribution in [0.2, 0.25) is 5.02 Å². The van der Waals surface area contributed by atoms with E-state index in [-0.39, 0.29) is 24.4 Å². The molecule has 152 valence electrons. The number of halogens is 1. The number of rotatable bonds is 5. The van der Waals surface area contributed by atoms with Crippen LogP contribution in [0.15, 0.2) is 59.0 Å². The molecule has 7 heteroatoms. The third-order valence-electron chi connectivity index (χ3n) is 4.97. The van der Waals surface area contributed by atoms with Gasteiger partial charge in [-0.1, -0.05) is 41.4 Å². The van der Waals surface area contributed by atoms with Crippen molar-refractivity contribution in [2.24, 2.45) is 0 Å². The van der Waals surface area contributed by atoms with Gasteiger partial charge in [0.1, 0.15) is 4.83 Å². The molecule has 0 atom stereocenters. The fourth-order valence-corrected chi connectivity index (χ4v) is 4.41. The van der Waals surface area contributed by atoms with Gasteiger partial charge in [-0.05, 0) is 43.2 Å². The molecule has 30 heavy (non-hydrogen) atoms. The number of nitrogens with one attached hydrogen (secondary N) is 1. The molecule has 0 fully saturated rings. The molecule has 4 rings (SSSR count). The van der Waals surface area contributed by atoms with E-state index < -0.39 is 0 Å². The highest BCUT2D eigenvalue weighted by atomic mass is 35.5. The number of hydrogen-bond acceptors (Lipinski definition) is 4. The molecule has 2 aromatic carbocycles. The molecule has 0 radical (unpaired) electrons. The lowest BCUT2D eigenvalue weighted by Gasteiger charge is -2.10. The number of aryl methyl sites for hydroxylation is 3. The van der Waals surface area contributed by atoms with Gasteiger partial charge in [-0.25, -0.2) is 4.98 Å². The van der Waals surface area contributed by atoms with Crippen LogP contribution in [-0.2, 0) is 11.3 Å². The highest BCUT2D eigenvalue weighted by Gasteiger charge is 2.14. The summed E-state index contributed by atoms with van der Waals surface area (Å²) in [5.41, 5.74) is 4.49. The molecule has 0 aliphatic heterocycles. The maximum Gasteiger partial charge on any atom is 0.262 e. The molecule has 0 unspecified atom stereocenters. The number of benzene rings is 2. The number of fused-ring (bicyclic) bond motifs is 1. The van der Waals surface area contributed by atoms with Crippen molar-refractivity contribution in [3.63, 3.8) is 0 Å². The Morgan fingerprint density at radius 2 is 1.93 bits per heavy atom. The number of carbonyl (C=O) groups excluding carboxylic acids is 1. The Balaban J connectivity index is 1.55. The summed E-state index contributed by atoms with van der Waals surface area (Å²) < 4.78 is 1.50. The van der Waals surface area contributed by atoms with E-state index >= 15 is 0 Å². The summed E-state index contributed by atoms with van der Waals surface area (Å²) >= 11 is 7.41. The van der Waals surface area contributed by atoms with Crippen LogP contribution < -0.4 is 10.9 Å². The van der Waals surface area contributed by atoms with E-state index in [0.717, 1.165) is 22.3 Å². The average Bonchev–Trinajstić information content (AvgIpc) is 3.15. The Labute approximate surface area is 183 Å². The molecule has 0 saturated heterocycles. The van der Waals surface area contributed by atoms with Gasteiger partial charge in [0.05, 0.1) is 11.7 Å². The maximum atomic E-state index is 13.1. The Kier molecular flexibility index (Phi) is 5.70. The van der Waals surface area contributed by atoms with Gasteiger partial charge >= 0.3 is 0 Å². The van der Waals surface area contributed by atoms with Gasteiger partial charge in [0, 0.05) is 34.6 Å². The van der Waals surface area contributed by atoms with E-state index in [1.54, 1.807) is 18.2 Å². The van der Waals surface area contributed by atoms with E-state index in [1.165, 1.54) is 22.2 Å². The minimum atomic E-state index is -0.170. The standard InChI is InChI=1S/C23H20ClN3O2S/c1-14-3-5-16(6-4-14)18-12-30-22-21(18)23(29)27(13-25-22)10-9-20(28)26-19-8-7-17(24)11-15(19)2/h3-8,11-13H,9-10H2,1-2H3,(H,26,28). The van der Waals surface area contributed by atoms with Gasteiger partial charge in [0.15, 0.2) is 0 Å². The molecule has 0 aliphatic carbocycles. The number of hydrogen-bond donors (Lipinski definition) is 1. The van der Waals surface area contributed by atoms with Crippen LogP contribution in [0.1, 0.15) is 17.5 Å². The SMILES string of the molecule is Cc1ccc(-c2csc3ncn(CCC(=O)Nc4ccc(Cl)cc4C)c(=O)c23)cc1. The van der Waals surface area contributed by atoms with E-state index in [9.17, 15) is 9.59 Å². The lowest BCUT2D eigenvalue weighted by Crippen LogP contribution is -2.23. The van der Waals surface area contributed by atoms with Crippen LogP contribution in [0.3, 0.4) is 0 Å². The number of thiophene rings is 1. The van der Waals surface area contributed by atoms with Gasteiger partial charge in [-0.3, -0.25) is 14.2 Å². The minimum Gasteiger partial charge on any atom is -0.326 e. The van der Waals surface area contributed by atoms with Gasteiger partial charge in [-0.15, -0.1) is 11.3 Å². The number of nitrogens with zero attached hydrogens (tertiary/aromatic N) is 2. The number of amides is 1. The predicted molar refractivity (Wildman–Crippen MR) is 123 cm³/mol. The summed E-state index contributed by atoms with van der Waals surface area (Å²) in [6, 6.07) is 13.4. The van der Waals surface area contributed by atoms with Crippen LogP contribution in [0.4, 0.5) is 5.69 Å². The number of aromatic nitrogens is 2. The summed E-state index contributed by atoms with van der Waals surface area (Å²) in [6.45, 7) is 4.16. The molecule has 0 spiro atoms. The monoisotopic (exact) mass is 437 g/mol. The van der Waals surface area contributed by atoms with Crippen LogP contribution in [0, 0.1) is 13.8 Å². The van der Waals surface area contributed by atoms with Gasteiger partial charge in [0.2, 0.25) is 5.91 Å². The normalized spacial score (nSPS) is 11.0. The van der Waals surface area contributed by atoms with Crippen molar-refractivity contribution in [1.29, 1.82) is 0 Å². The van der Waals surface area contributed by atoms with Crippen LogP contribution in [0.25, 0.3) is 21.3 Å². The van der Waals surface area contributed by atoms with Crippen molar-refractivity contribution in [3.8, 4) is 11.1 Å². The molecule has 0 bridgehead atoms. The maximum absolute atomic E-state index is 13.1. The van der Waals surface area contributed by atoms with Gasteiger partial charge < -0.3 is 5.32 Å². The van der Waals surface area contributed by atoms with E-state index in [2.05, 4.69) is 10.3 Å². The molecular formula is C23H20ClN3O2S. The first-order valence-corrected chi connectivity index (χ1v) is 10.8. The molecule has 1 N–H and O–H groups in total. The Hall–Kier alpha value is -2.96. The van der Waals surface area contributed by atoms with Crippen LogP contribution in [-0.4, -0.2) is 15.5 Å². The van der Waals surface area contributed by atoms with E-state index in [4.69, 9.17) is 11.6 Å². The summed E-state index contributed by atoms with van der Waals surface area (Å²) in [7, 11) is 0. The summed E-state index contributed by atoms with van der Waals surface area (Å²) in [4.78, 5) is 30.6. The van der Waals surface area contributed by atoms with Crippen molar-refractivity contribution < 1.29 is 4.79 Å². The van der Waals surface area contributed by atoms with Crippen molar-refractivity contribution in [2.75, 3.05) is 5.32 Å². The largest absolute Gasteiger partial charge is 0.326 e. The summed E-state index contributed by atoms with van der Waals surface area (Å²) in [6.07, 6.45) is 1.68. The fourth-order valence-electron chi connectivity index (χ4n) is 3.27. The van der Waals surface area contributed by atoms with Crippen molar-refractivity contribution >= 4 is 44.7 Å². The second-order valence-electron chi connectivity index (χ2n) is 7.20. The third kappa shape index (κ3) is 4.15. The lowest BCUT2D eigenvalue weighted by atomic mass is 10.1.